The Morgan fingerprint density at radius 3 is 2.37 bits per heavy atom. The summed E-state index contributed by atoms with van der Waals surface area (Å²) in [6, 6.07) is 1.21. The van der Waals surface area contributed by atoms with E-state index in [1.165, 1.54) is 38.5 Å². The van der Waals surface area contributed by atoms with E-state index in [0.717, 1.165) is 19.6 Å². The van der Waals surface area contributed by atoms with Gasteiger partial charge in [-0.3, -0.25) is 4.79 Å². The first-order valence-corrected chi connectivity index (χ1v) is 7.84. The molecule has 0 aromatic heterocycles. The standard InChI is InChI=1S/C15H29N3O/c1-17(2)11-12-18(14-5-3-4-6-14)15(19)9-10-16-13-7-8-13/h13-14,16H,3-12H2,1-2H3. The van der Waals surface area contributed by atoms with E-state index in [1.54, 1.807) is 0 Å². The molecule has 2 fully saturated rings. The van der Waals surface area contributed by atoms with E-state index in [4.69, 9.17) is 0 Å². The Morgan fingerprint density at radius 1 is 1.11 bits per heavy atom. The minimum Gasteiger partial charge on any atom is -0.338 e. The molecule has 2 aliphatic carbocycles. The van der Waals surface area contributed by atoms with Crippen LogP contribution in [0.15, 0.2) is 0 Å². The van der Waals surface area contributed by atoms with Crippen LogP contribution >= 0.6 is 0 Å². The first kappa shape index (κ1) is 14.8. The molecule has 0 spiro atoms. The van der Waals surface area contributed by atoms with Crippen LogP contribution in [0, 0.1) is 0 Å². The van der Waals surface area contributed by atoms with E-state index in [-0.39, 0.29) is 0 Å². The highest BCUT2D eigenvalue weighted by Crippen LogP contribution is 2.24. The molecule has 0 atom stereocenters. The van der Waals surface area contributed by atoms with Crippen LogP contribution in [0.3, 0.4) is 0 Å². The van der Waals surface area contributed by atoms with Gasteiger partial charge in [-0.15, -0.1) is 0 Å². The van der Waals surface area contributed by atoms with Crippen LogP contribution in [0.2, 0.25) is 0 Å². The zero-order valence-electron chi connectivity index (χ0n) is 12.5. The number of nitrogens with one attached hydrogen (secondary N) is 1. The molecule has 2 saturated carbocycles. The van der Waals surface area contributed by atoms with Gasteiger partial charge in [0, 0.05) is 38.1 Å². The number of amides is 1. The van der Waals surface area contributed by atoms with Gasteiger partial charge in [0.2, 0.25) is 5.91 Å². The lowest BCUT2D eigenvalue weighted by molar-refractivity contribution is -0.133. The quantitative estimate of drug-likeness (QED) is 0.723. The number of carbonyl (C=O) groups is 1. The van der Waals surface area contributed by atoms with Gasteiger partial charge in [-0.25, -0.2) is 0 Å². The Morgan fingerprint density at radius 2 is 1.79 bits per heavy atom. The highest BCUT2D eigenvalue weighted by atomic mass is 16.2. The van der Waals surface area contributed by atoms with E-state index in [0.29, 0.717) is 24.4 Å². The molecule has 0 saturated heterocycles. The maximum atomic E-state index is 12.4. The predicted molar refractivity (Wildman–Crippen MR) is 78.2 cm³/mol. The normalized spacial score (nSPS) is 20.2. The molecule has 0 bridgehead atoms. The molecule has 110 valence electrons. The minimum absolute atomic E-state index is 0.349. The van der Waals surface area contributed by atoms with Gasteiger partial charge in [-0.2, -0.15) is 0 Å². The molecule has 0 heterocycles. The lowest BCUT2D eigenvalue weighted by Crippen LogP contribution is -2.43. The maximum Gasteiger partial charge on any atom is 0.224 e. The number of likely N-dealkylation sites (N-methyl/N-ethyl adjacent to an activating group) is 1. The van der Waals surface area contributed by atoms with E-state index >= 15 is 0 Å². The average Bonchev–Trinajstić information content (AvgIpc) is 3.03. The molecule has 0 aliphatic heterocycles. The molecule has 4 nitrogen and oxygen atoms in total. The van der Waals surface area contributed by atoms with Crippen molar-refractivity contribution in [2.45, 2.75) is 57.0 Å². The van der Waals surface area contributed by atoms with Gasteiger partial charge in [0.05, 0.1) is 0 Å². The van der Waals surface area contributed by atoms with Gasteiger partial charge >= 0.3 is 0 Å². The number of nitrogens with zero attached hydrogens (tertiary/aromatic N) is 2. The molecule has 0 aromatic carbocycles. The highest BCUT2D eigenvalue weighted by molar-refractivity contribution is 5.76. The summed E-state index contributed by atoms with van der Waals surface area (Å²) in [5, 5.41) is 3.44. The van der Waals surface area contributed by atoms with Crippen LogP contribution in [-0.4, -0.2) is 61.5 Å². The maximum absolute atomic E-state index is 12.4. The van der Waals surface area contributed by atoms with Crippen molar-refractivity contribution in [1.29, 1.82) is 0 Å². The van der Waals surface area contributed by atoms with E-state index in [1.807, 2.05) is 0 Å². The number of carbonyl (C=O) groups excluding carboxylic acids is 1. The van der Waals surface area contributed by atoms with Crippen molar-refractivity contribution in [3.63, 3.8) is 0 Å². The molecule has 4 heteroatoms. The zero-order valence-corrected chi connectivity index (χ0v) is 12.5. The smallest absolute Gasteiger partial charge is 0.224 e. The Bertz CT molecular complexity index is 283. The van der Waals surface area contributed by atoms with Gasteiger partial charge in [-0.1, -0.05) is 12.8 Å². The molecule has 0 aromatic rings. The van der Waals surface area contributed by atoms with Crippen LogP contribution in [0.25, 0.3) is 0 Å². The van der Waals surface area contributed by atoms with Gasteiger partial charge in [0.1, 0.15) is 0 Å². The number of hydrogen-bond donors (Lipinski definition) is 1. The zero-order chi connectivity index (χ0) is 13.7. The summed E-state index contributed by atoms with van der Waals surface area (Å²) in [7, 11) is 4.15. The Labute approximate surface area is 117 Å². The summed E-state index contributed by atoms with van der Waals surface area (Å²) in [6.45, 7) is 2.72. The summed E-state index contributed by atoms with van der Waals surface area (Å²) in [5.74, 6) is 0.349. The van der Waals surface area contributed by atoms with Crippen molar-refractivity contribution in [2.75, 3.05) is 33.7 Å². The molecule has 1 amide bonds. The lowest BCUT2D eigenvalue weighted by atomic mass is 10.2. The van der Waals surface area contributed by atoms with Gasteiger partial charge in [-0.05, 0) is 39.8 Å². The minimum atomic E-state index is 0.349. The third-order valence-electron chi connectivity index (χ3n) is 4.22. The second-order valence-electron chi connectivity index (χ2n) is 6.31. The van der Waals surface area contributed by atoms with Crippen molar-refractivity contribution < 1.29 is 4.79 Å². The number of hydrogen-bond acceptors (Lipinski definition) is 3. The topological polar surface area (TPSA) is 35.6 Å². The Balaban J connectivity index is 1.77. The highest BCUT2D eigenvalue weighted by Gasteiger charge is 2.26. The van der Waals surface area contributed by atoms with Crippen molar-refractivity contribution in [3.05, 3.63) is 0 Å². The van der Waals surface area contributed by atoms with Crippen molar-refractivity contribution in [3.8, 4) is 0 Å². The summed E-state index contributed by atoms with van der Waals surface area (Å²) >= 11 is 0. The first-order valence-electron chi connectivity index (χ1n) is 7.84. The molecule has 2 rings (SSSR count). The first-order chi connectivity index (χ1) is 9.16. The Hall–Kier alpha value is -0.610. The number of rotatable bonds is 8. The van der Waals surface area contributed by atoms with Crippen LogP contribution in [0.1, 0.15) is 44.9 Å². The second kappa shape index (κ2) is 7.25. The third-order valence-corrected chi connectivity index (χ3v) is 4.22. The monoisotopic (exact) mass is 267 g/mol. The van der Waals surface area contributed by atoms with E-state index in [2.05, 4.69) is 29.2 Å². The third kappa shape index (κ3) is 5.11. The largest absolute Gasteiger partial charge is 0.338 e. The SMILES string of the molecule is CN(C)CCN(C(=O)CCNC1CC1)C1CCCC1. The van der Waals surface area contributed by atoms with Gasteiger partial charge < -0.3 is 15.1 Å². The van der Waals surface area contributed by atoms with Gasteiger partial charge in [0.15, 0.2) is 0 Å². The second-order valence-corrected chi connectivity index (χ2v) is 6.31. The molecule has 2 aliphatic rings. The van der Waals surface area contributed by atoms with Crippen molar-refractivity contribution in [1.82, 2.24) is 15.1 Å². The average molecular weight is 267 g/mol. The summed E-state index contributed by atoms with van der Waals surface area (Å²) in [6.07, 6.45) is 8.24. The molecule has 0 radical (unpaired) electrons. The molecule has 0 unspecified atom stereocenters. The summed E-state index contributed by atoms with van der Waals surface area (Å²) < 4.78 is 0. The Kier molecular flexibility index (Phi) is 5.64. The van der Waals surface area contributed by atoms with E-state index < -0.39 is 0 Å². The fourth-order valence-electron chi connectivity index (χ4n) is 2.85. The van der Waals surface area contributed by atoms with Crippen LogP contribution in [-0.2, 0) is 4.79 Å². The predicted octanol–water partition coefficient (Wildman–Crippen LogP) is 1.46. The van der Waals surface area contributed by atoms with Crippen molar-refractivity contribution >= 4 is 5.91 Å². The van der Waals surface area contributed by atoms with Gasteiger partial charge in [0.25, 0.3) is 0 Å². The molecular formula is C15H29N3O. The molecule has 19 heavy (non-hydrogen) atoms. The van der Waals surface area contributed by atoms with Crippen LogP contribution in [0.5, 0.6) is 0 Å². The summed E-state index contributed by atoms with van der Waals surface area (Å²) in [4.78, 5) is 16.7. The van der Waals surface area contributed by atoms with Crippen LogP contribution < -0.4 is 5.32 Å². The van der Waals surface area contributed by atoms with E-state index in [9.17, 15) is 4.79 Å². The fraction of sp³-hybridized carbons (Fsp3) is 0.933. The molecule has 1 N–H and O–H groups in total. The fourth-order valence-corrected chi connectivity index (χ4v) is 2.85. The van der Waals surface area contributed by atoms with Crippen LogP contribution in [0.4, 0.5) is 0 Å². The summed E-state index contributed by atoms with van der Waals surface area (Å²) in [5.41, 5.74) is 0. The molecular weight excluding hydrogens is 238 g/mol. The lowest BCUT2D eigenvalue weighted by Gasteiger charge is -2.30. The van der Waals surface area contributed by atoms with Crippen molar-refractivity contribution in [2.24, 2.45) is 0 Å².